The molecule has 1 saturated heterocycles. The highest BCUT2D eigenvalue weighted by Gasteiger charge is 2.53. The average Bonchev–Trinajstić information content (AvgIpc) is 2.62. The molecule has 5 rings (SSSR count). The van der Waals surface area contributed by atoms with E-state index in [4.69, 9.17) is 0 Å². The van der Waals surface area contributed by atoms with E-state index in [0.29, 0.717) is 5.41 Å². The van der Waals surface area contributed by atoms with Crippen LogP contribution in [0.5, 0.6) is 0 Å². The van der Waals surface area contributed by atoms with E-state index in [1.165, 1.54) is 32.4 Å². The van der Waals surface area contributed by atoms with Crippen molar-refractivity contribution in [3.05, 3.63) is 0 Å². The van der Waals surface area contributed by atoms with Gasteiger partial charge < -0.3 is 10.2 Å². The van der Waals surface area contributed by atoms with Crippen LogP contribution in [0.2, 0.25) is 0 Å². The fourth-order valence-electron chi connectivity index (χ4n) is 6.64. The third kappa shape index (κ3) is 2.79. The Labute approximate surface area is 131 Å². The maximum absolute atomic E-state index is 4.11. The smallest absolute Gasteiger partial charge is 0.00980 e. The molecule has 0 radical (unpaired) electrons. The van der Waals surface area contributed by atoms with Gasteiger partial charge in [-0.3, -0.25) is 0 Å². The van der Waals surface area contributed by atoms with Crippen molar-refractivity contribution in [3.63, 3.8) is 0 Å². The van der Waals surface area contributed by atoms with Crippen molar-refractivity contribution < 1.29 is 0 Å². The average molecular weight is 290 g/mol. The van der Waals surface area contributed by atoms with Gasteiger partial charge in [-0.25, -0.2) is 0 Å². The summed E-state index contributed by atoms with van der Waals surface area (Å²) in [6.07, 6.45) is 13.5. The molecule has 2 unspecified atom stereocenters. The third-order valence-electron chi connectivity index (χ3n) is 7.44. The lowest BCUT2D eigenvalue weighted by molar-refractivity contribution is -0.0723. The lowest BCUT2D eigenvalue weighted by Crippen LogP contribution is -2.56. The highest BCUT2D eigenvalue weighted by Crippen LogP contribution is 2.61. The van der Waals surface area contributed by atoms with Gasteiger partial charge in [-0.1, -0.05) is 0 Å². The predicted octanol–water partition coefficient (Wildman–Crippen LogP) is 3.67. The Balaban J connectivity index is 1.41. The first-order chi connectivity index (χ1) is 10.1. The monoisotopic (exact) mass is 290 g/mol. The fraction of sp³-hybridized carbons (Fsp3) is 1.00. The van der Waals surface area contributed by atoms with Crippen LogP contribution in [0.15, 0.2) is 0 Å². The van der Waals surface area contributed by atoms with Gasteiger partial charge in [0.05, 0.1) is 0 Å². The van der Waals surface area contributed by atoms with Gasteiger partial charge in [0.1, 0.15) is 0 Å². The van der Waals surface area contributed by atoms with Crippen molar-refractivity contribution in [1.29, 1.82) is 0 Å². The van der Waals surface area contributed by atoms with Crippen molar-refractivity contribution in [1.82, 2.24) is 10.2 Å². The molecule has 0 aromatic rings. The van der Waals surface area contributed by atoms with Gasteiger partial charge in [-0.05, 0) is 108 Å². The van der Waals surface area contributed by atoms with Gasteiger partial charge in [0.15, 0.2) is 0 Å². The molecule has 1 N–H and O–H groups in total. The van der Waals surface area contributed by atoms with E-state index < -0.39 is 0 Å². The van der Waals surface area contributed by atoms with Crippen molar-refractivity contribution in [2.45, 2.75) is 76.8 Å². The fourth-order valence-corrected chi connectivity index (χ4v) is 6.64. The van der Waals surface area contributed by atoms with E-state index in [9.17, 15) is 0 Å². The molecule has 0 aromatic heterocycles. The standard InChI is InChI=1S/C19H34N2/c1-14(20-18-4-3-6-21(2)7-5-18)19-11-15-8-16(12-19)10-17(9-15)13-19/h14-18,20H,3-13H2,1-2H3. The number of rotatable bonds is 3. The van der Waals surface area contributed by atoms with Crippen LogP contribution in [0.25, 0.3) is 0 Å². The zero-order chi connectivity index (χ0) is 14.4. The van der Waals surface area contributed by atoms with Crippen LogP contribution in [-0.2, 0) is 0 Å². The van der Waals surface area contributed by atoms with Crippen molar-refractivity contribution >= 4 is 0 Å². The Morgan fingerprint density at radius 2 is 1.57 bits per heavy atom. The Morgan fingerprint density at radius 3 is 2.19 bits per heavy atom. The zero-order valence-electron chi connectivity index (χ0n) is 14.1. The molecule has 21 heavy (non-hydrogen) atoms. The highest BCUT2D eigenvalue weighted by molar-refractivity contribution is 5.05. The van der Waals surface area contributed by atoms with Crippen molar-refractivity contribution in [3.8, 4) is 0 Å². The molecule has 2 nitrogen and oxygen atoms in total. The molecular formula is C19H34N2. The molecule has 4 bridgehead atoms. The molecule has 5 fully saturated rings. The summed E-state index contributed by atoms with van der Waals surface area (Å²) in [6, 6.07) is 1.53. The number of hydrogen-bond acceptors (Lipinski definition) is 2. The summed E-state index contributed by atoms with van der Waals surface area (Å²) in [6.45, 7) is 5.11. The van der Waals surface area contributed by atoms with Crippen molar-refractivity contribution in [2.24, 2.45) is 23.2 Å². The summed E-state index contributed by atoms with van der Waals surface area (Å²) < 4.78 is 0. The molecule has 1 aliphatic heterocycles. The van der Waals surface area contributed by atoms with Crippen LogP contribution < -0.4 is 5.32 Å². The molecule has 120 valence electrons. The van der Waals surface area contributed by atoms with Crippen LogP contribution in [0.1, 0.15) is 64.7 Å². The molecule has 4 aliphatic carbocycles. The molecule has 2 heteroatoms. The largest absolute Gasteiger partial charge is 0.311 e. The van der Waals surface area contributed by atoms with Gasteiger partial charge in [-0.15, -0.1) is 0 Å². The van der Waals surface area contributed by atoms with E-state index in [1.54, 1.807) is 38.5 Å². The van der Waals surface area contributed by atoms with E-state index in [2.05, 4.69) is 24.2 Å². The summed E-state index contributed by atoms with van der Waals surface area (Å²) >= 11 is 0. The topological polar surface area (TPSA) is 15.3 Å². The molecule has 0 amide bonds. The maximum atomic E-state index is 4.11. The summed E-state index contributed by atoms with van der Waals surface area (Å²) in [7, 11) is 2.28. The second-order valence-electron chi connectivity index (χ2n) is 9.10. The van der Waals surface area contributed by atoms with E-state index in [-0.39, 0.29) is 0 Å². The van der Waals surface area contributed by atoms with Crippen LogP contribution in [0, 0.1) is 23.2 Å². The molecule has 0 aromatic carbocycles. The van der Waals surface area contributed by atoms with Gasteiger partial charge in [0.25, 0.3) is 0 Å². The van der Waals surface area contributed by atoms with Crippen LogP contribution >= 0.6 is 0 Å². The Kier molecular flexibility index (Phi) is 3.82. The normalized spacial score (nSPS) is 48.3. The summed E-state index contributed by atoms with van der Waals surface area (Å²) in [5.41, 5.74) is 0.674. The second kappa shape index (κ2) is 5.53. The number of likely N-dealkylation sites (tertiary alicyclic amines) is 1. The maximum Gasteiger partial charge on any atom is 0.00980 e. The Hall–Kier alpha value is -0.0800. The van der Waals surface area contributed by atoms with Gasteiger partial charge in [0.2, 0.25) is 0 Å². The van der Waals surface area contributed by atoms with Gasteiger partial charge in [-0.2, -0.15) is 0 Å². The van der Waals surface area contributed by atoms with E-state index in [0.717, 1.165) is 29.8 Å². The first-order valence-electron chi connectivity index (χ1n) is 9.57. The minimum Gasteiger partial charge on any atom is -0.311 e. The molecular weight excluding hydrogens is 256 g/mol. The summed E-state index contributed by atoms with van der Waals surface area (Å²) in [4.78, 5) is 2.51. The summed E-state index contributed by atoms with van der Waals surface area (Å²) in [5, 5.41) is 4.11. The molecule has 4 saturated carbocycles. The zero-order valence-corrected chi connectivity index (χ0v) is 14.1. The second-order valence-corrected chi connectivity index (χ2v) is 9.10. The molecule has 2 atom stereocenters. The Morgan fingerprint density at radius 1 is 0.952 bits per heavy atom. The van der Waals surface area contributed by atoms with Crippen molar-refractivity contribution in [2.75, 3.05) is 20.1 Å². The highest BCUT2D eigenvalue weighted by atomic mass is 15.1. The Bertz CT molecular complexity index is 342. The summed E-state index contributed by atoms with van der Waals surface area (Å²) in [5.74, 6) is 3.25. The van der Waals surface area contributed by atoms with Gasteiger partial charge >= 0.3 is 0 Å². The van der Waals surface area contributed by atoms with Gasteiger partial charge in [0, 0.05) is 12.1 Å². The SMILES string of the molecule is CC(NC1CCCN(C)CC1)C12CC3CC(CC(C3)C1)C2. The van der Waals surface area contributed by atoms with E-state index >= 15 is 0 Å². The lowest BCUT2D eigenvalue weighted by atomic mass is 9.48. The van der Waals surface area contributed by atoms with Crippen LogP contribution in [0.3, 0.4) is 0 Å². The third-order valence-corrected chi connectivity index (χ3v) is 7.44. The minimum absolute atomic E-state index is 0.674. The first kappa shape index (κ1) is 14.5. The van der Waals surface area contributed by atoms with Crippen LogP contribution in [-0.4, -0.2) is 37.1 Å². The first-order valence-corrected chi connectivity index (χ1v) is 9.57. The molecule has 0 spiro atoms. The quantitative estimate of drug-likeness (QED) is 0.853. The van der Waals surface area contributed by atoms with Crippen LogP contribution in [0.4, 0.5) is 0 Å². The van der Waals surface area contributed by atoms with E-state index in [1.807, 2.05) is 0 Å². The predicted molar refractivity (Wildman–Crippen MR) is 88.3 cm³/mol. The number of nitrogens with zero attached hydrogens (tertiary/aromatic N) is 1. The number of hydrogen-bond donors (Lipinski definition) is 1. The minimum atomic E-state index is 0.674. The lowest BCUT2D eigenvalue weighted by Gasteiger charge is -2.59. The molecule has 5 aliphatic rings. The number of nitrogens with one attached hydrogen (secondary N) is 1. The molecule has 1 heterocycles.